The summed E-state index contributed by atoms with van der Waals surface area (Å²) >= 11 is 7.41. The number of non-ortho nitro benzene ring substituents is 2. The fraction of sp³-hybridized carbons (Fsp3) is 0. The smallest absolute Gasteiger partial charge is 0.270 e. The lowest BCUT2D eigenvalue weighted by atomic mass is 10.1. The highest BCUT2D eigenvalue weighted by Crippen LogP contribution is 2.34. The number of thiazole rings is 1. The van der Waals surface area contributed by atoms with Gasteiger partial charge in [0.25, 0.3) is 11.4 Å². The van der Waals surface area contributed by atoms with Gasteiger partial charge in [0.2, 0.25) is 0 Å². The number of nitro benzene ring substituents is 2. The SMILES string of the molecule is N#C/C(=C\c1ccc(-c2ccc([N+](=O)[O-])cc2Cl)o1)c1nc(-c2ccc([N+](=O)[O-])cc2)cs1. The summed E-state index contributed by atoms with van der Waals surface area (Å²) in [5, 5.41) is 33.7. The van der Waals surface area contributed by atoms with Gasteiger partial charge in [0.05, 0.1) is 26.1 Å². The minimum atomic E-state index is -0.538. The fourth-order valence-corrected chi connectivity index (χ4v) is 4.02. The first-order chi connectivity index (χ1) is 15.9. The molecule has 0 amide bonds. The van der Waals surface area contributed by atoms with E-state index in [1.54, 1.807) is 29.6 Å². The van der Waals surface area contributed by atoms with Crippen LogP contribution < -0.4 is 0 Å². The van der Waals surface area contributed by atoms with Crippen molar-refractivity contribution in [2.75, 3.05) is 0 Å². The molecule has 0 aliphatic heterocycles. The molecule has 9 nitrogen and oxygen atoms in total. The Hall–Kier alpha value is -4.33. The van der Waals surface area contributed by atoms with Crippen LogP contribution in [0.2, 0.25) is 5.02 Å². The third-order valence-corrected chi connectivity index (χ3v) is 5.76. The van der Waals surface area contributed by atoms with E-state index < -0.39 is 9.85 Å². The molecule has 0 radical (unpaired) electrons. The van der Waals surface area contributed by atoms with Crippen LogP contribution in [0.1, 0.15) is 10.8 Å². The van der Waals surface area contributed by atoms with E-state index in [-0.39, 0.29) is 22.0 Å². The van der Waals surface area contributed by atoms with Crippen LogP contribution in [0.25, 0.3) is 34.2 Å². The van der Waals surface area contributed by atoms with E-state index in [1.165, 1.54) is 47.7 Å². The normalized spacial score (nSPS) is 11.2. The number of benzene rings is 2. The lowest BCUT2D eigenvalue weighted by molar-refractivity contribution is -0.385. The molecule has 33 heavy (non-hydrogen) atoms. The first kappa shape index (κ1) is 21.9. The Bertz CT molecular complexity index is 1450. The molecule has 162 valence electrons. The molecule has 0 unspecified atom stereocenters. The van der Waals surface area contributed by atoms with Gasteiger partial charge in [0, 0.05) is 46.8 Å². The number of aromatic nitrogens is 1. The van der Waals surface area contributed by atoms with Crippen molar-refractivity contribution >= 4 is 46.0 Å². The zero-order valence-electron chi connectivity index (χ0n) is 16.5. The predicted octanol–water partition coefficient (Wildman–Crippen LogP) is 6.60. The second-order valence-corrected chi connectivity index (χ2v) is 7.90. The molecule has 2 heterocycles. The molecule has 0 aliphatic carbocycles. The average molecular weight is 479 g/mol. The van der Waals surface area contributed by atoms with E-state index in [2.05, 4.69) is 11.1 Å². The number of hydrogen-bond donors (Lipinski definition) is 0. The molecule has 0 spiro atoms. The van der Waals surface area contributed by atoms with E-state index in [1.807, 2.05) is 0 Å². The van der Waals surface area contributed by atoms with Gasteiger partial charge in [-0.3, -0.25) is 20.2 Å². The molecule has 0 saturated heterocycles. The molecule has 4 aromatic rings. The quantitative estimate of drug-likeness (QED) is 0.173. The van der Waals surface area contributed by atoms with Crippen molar-refractivity contribution in [1.29, 1.82) is 5.26 Å². The monoisotopic (exact) mass is 478 g/mol. The van der Waals surface area contributed by atoms with Crippen LogP contribution in [0.3, 0.4) is 0 Å². The molecular formula is C22H11ClN4O5S. The topological polar surface area (TPSA) is 136 Å². The van der Waals surface area contributed by atoms with Crippen LogP contribution in [0.15, 0.2) is 64.4 Å². The Labute approximate surface area is 195 Å². The highest BCUT2D eigenvalue weighted by molar-refractivity contribution is 7.11. The molecule has 0 N–H and O–H groups in total. The van der Waals surface area contributed by atoms with Crippen molar-refractivity contribution in [3.63, 3.8) is 0 Å². The van der Waals surface area contributed by atoms with Crippen molar-refractivity contribution in [2.24, 2.45) is 0 Å². The molecule has 2 aromatic heterocycles. The van der Waals surface area contributed by atoms with Gasteiger partial charge in [-0.1, -0.05) is 11.6 Å². The lowest BCUT2D eigenvalue weighted by Gasteiger charge is -2.00. The van der Waals surface area contributed by atoms with Crippen molar-refractivity contribution < 1.29 is 14.3 Å². The van der Waals surface area contributed by atoms with Crippen LogP contribution in [-0.2, 0) is 0 Å². The minimum absolute atomic E-state index is 0.0199. The van der Waals surface area contributed by atoms with E-state index in [9.17, 15) is 25.5 Å². The molecule has 0 bridgehead atoms. The molecule has 0 fully saturated rings. The van der Waals surface area contributed by atoms with Crippen LogP contribution in [0.4, 0.5) is 11.4 Å². The summed E-state index contributed by atoms with van der Waals surface area (Å²) in [5.41, 5.74) is 1.87. The molecule has 0 saturated carbocycles. The van der Waals surface area contributed by atoms with E-state index in [0.717, 1.165) is 0 Å². The van der Waals surface area contributed by atoms with Crippen LogP contribution >= 0.6 is 22.9 Å². The van der Waals surface area contributed by atoms with Gasteiger partial charge in [0.1, 0.15) is 22.6 Å². The van der Waals surface area contributed by atoms with Gasteiger partial charge in [0.15, 0.2) is 0 Å². The summed E-state index contributed by atoms with van der Waals surface area (Å²) in [7, 11) is 0. The molecule has 0 atom stereocenters. The van der Waals surface area contributed by atoms with Gasteiger partial charge in [-0.05, 0) is 30.3 Å². The molecule has 0 aliphatic rings. The number of hydrogen-bond acceptors (Lipinski definition) is 8. The third kappa shape index (κ3) is 4.64. The van der Waals surface area contributed by atoms with Gasteiger partial charge in [-0.15, -0.1) is 11.3 Å². The largest absolute Gasteiger partial charge is 0.457 e. The summed E-state index contributed by atoms with van der Waals surface area (Å²) < 4.78 is 5.76. The first-order valence-electron chi connectivity index (χ1n) is 9.22. The first-order valence-corrected chi connectivity index (χ1v) is 10.5. The zero-order chi connectivity index (χ0) is 23.5. The summed E-state index contributed by atoms with van der Waals surface area (Å²) in [6.45, 7) is 0. The van der Waals surface area contributed by atoms with Gasteiger partial charge in [-0.25, -0.2) is 4.98 Å². The number of rotatable bonds is 6. The highest BCUT2D eigenvalue weighted by atomic mass is 35.5. The number of nitrogens with zero attached hydrogens (tertiary/aromatic N) is 4. The zero-order valence-corrected chi connectivity index (χ0v) is 18.0. The summed E-state index contributed by atoms with van der Waals surface area (Å²) in [6.07, 6.45) is 1.53. The van der Waals surface area contributed by atoms with Crippen molar-refractivity contribution in [2.45, 2.75) is 0 Å². The highest BCUT2D eigenvalue weighted by Gasteiger charge is 2.15. The van der Waals surface area contributed by atoms with Gasteiger partial charge < -0.3 is 4.42 Å². The number of halogens is 1. The Morgan fingerprint density at radius 1 is 1.06 bits per heavy atom. The van der Waals surface area contributed by atoms with Crippen LogP contribution in [-0.4, -0.2) is 14.8 Å². The molecule has 2 aromatic carbocycles. The summed E-state index contributed by atoms with van der Waals surface area (Å²) in [4.78, 5) is 25.1. The summed E-state index contributed by atoms with van der Waals surface area (Å²) in [5.74, 6) is 0.771. The Morgan fingerprint density at radius 2 is 1.76 bits per heavy atom. The van der Waals surface area contributed by atoms with Crippen LogP contribution in [0, 0.1) is 31.6 Å². The molecule has 4 rings (SSSR count). The second kappa shape index (κ2) is 9.04. The fourth-order valence-electron chi connectivity index (χ4n) is 2.96. The number of nitriles is 1. The van der Waals surface area contributed by atoms with Gasteiger partial charge >= 0.3 is 0 Å². The second-order valence-electron chi connectivity index (χ2n) is 6.63. The maximum absolute atomic E-state index is 10.9. The summed E-state index contributed by atoms with van der Waals surface area (Å²) in [6, 6.07) is 15.4. The average Bonchev–Trinajstić information content (AvgIpc) is 3.47. The number of allylic oxidation sites excluding steroid dienone is 1. The Morgan fingerprint density at radius 3 is 2.39 bits per heavy atom. The van der Waals surface area contributed by atoms with Crippen LogP contribution in [0.5, 0.6) is 0 Å². The minimum Gasteiger partial charge on any atom is -0.457 e. The standard InChI is InChI=1S/C22H11ClN4O5S/c23-19-10-16(27(30)31)5-7-18(19)21-8-6-17(32-21)9-14(11-24)22-25-20(12-33-22)13-1-3-15(4-2-13)26(28)29/h1-10,12H/b14-9+. The Kier molecular flexibility index (Phi) is 5.99. The lowest BCUT2D eigenvalue weighted by Crippen LogP contribution is -1.88. The van der Waals surface area contributed by atoms with E-state index >= 15 is 0 Å². The molecule has 11 heteroatoms. The van der Waals surface area contributed by atoms with Crippen molar-refractivity contribution in [1.82, 2.24) is 4.98 Å². The number of nitro groups is 2. The third-order valence-electron chi connectivity index (χ3n) is 4.57. The maximum Gasteiger partial charge on any atom is 0.270 e. The van der Waals surface area contributed by atoms with Gasteiger partial charge in [-0.2, -0.15) is 5.26 Å². The Balaban J connectivity index is 1.60. The molecular weight excluding hydrogens is 468 g/mol. The van der Waals surface area contributed by atoms with E-state index in [0.29, 0.717) is 33.3 Å². The number of furan rings is 1. The maximum atomic E-state index is 10.9. The van der Waals surface area contributed by atoms with Crippen molar-refractivity contribution in [3.8, 4) is 28.7 Å². The predicted molar refractivity (Wildman–Crippen MR) is 123 cm³/mol. The van der Waals surface area contributed by atoms with Crippen molar-refractivity contribution in [3.05, 3.63) is 96.0 Å². The van der Waals surface area contributed by atoms with E-state index in [4.69, 9.17) is 16.0 Å².